The van der Waals surface area contributed by atoms with E-state index < -0.39 is 0 Å². The molecule has 0 aromatic rings. The van der Waals surface area contributed by atoms with Gasteiger partial charge < -0.3 is 0 Å². The fourth-order valence-corrected chi connectivity index (χ4v) is 1.78. The van der Waals surface area contributed by atoms with Gasteiger partial charge in [0.1, 0.15) is 0 Å². The first-order valence-corrected chi connectivity index (χ1v) is 3.51. The van der Waals surface area contributed by atoms with E-state index in [1.54, 1.807) is 0 Å². The molecule has 0 saturated heterocycles. The summed E-state index contributed by atoms with van der Waals surface area (Å²) in [6.45, 7) is 4.53. The molecule has 50 valence electrons. The Morgan fingerprint density at radius 1 is 1.56 bits per heavy atom. The zero-order chi connectivity index (χ0) is 6.91. The Labute approximate surface area is 56.7 Å². The molecule has 0 bridgehead atoms. The molecule has 0 aliphatic heterocycles. The minimum absolute atomic E-state index is 0.543. The Morgan fingerprint density at radius 3 is 2.44 bits per heavy atom. The molecule has 1 aliphatic rings. The average molecular weight is 123 g/mol. The summed E-state index contributed by atoms with van der Waals surface area (Å²) in [5.74, 6) is 0.713. The van der Waals surface area contributed by atoms with Crippen molar-refractivity contribution in [1.29, 1.82) is 5.26 Å². The maximum atomic E-state index is 8.32. The minimum Gasteiger partial charge on any atom is -0.198 e. The van der Waals surface area contributed by atoms with Crippen molar-refractivity contribution in [3.63, 3.8) is 0 Å². The molecule has 0 aromatic carbocycles. The Kier molecular flexibility index (Phi) is 1.48. The van der Waals surface area contributed by atoms with E-state index >= 15 is 0 Å². The van der Waals surface area contributed by atoms with Gasteiger partial charge in [0.2, 0.25) is 0 Å². The molecule has 9 heavy (non-hydrogen) atoms. The number of hydrogen-bond acceptors (Lipinski definition) is 1. The van der Waals surface area contributed by atoms with E-state index in [1.165, 1.54) is 12.8 Å². The molecule has 0 spiro atoms. The monoisotopic (exact) mass is 123 g/mol. The van der Waals surface area contributed by atoms with Crippen LogP contribution in [-0.2, 0) is 0 Å². The minimum atomic E-state index is 0.543. The van der Waals surface area contributed by atoms with Crippen LogP contribution in [0.3, 0.4) is 0 Å². The van der Waals surface area contributed by atoms with Gasteiger partial charge in [0.25, 0.3) is 0 Å². The Morgan fingerprint density at radius 2 is 2.11 bits per heavy atom. The third-order valence-electron chi connectivity index (χ3n) is 2.06. The first-order chi connectivity index (χ1) is 4.14. The second kappa shape index (κ2) is 2.02. The molecule has 1 heteroatoms. The lowest BCUT2D eigenvalue weighted by atomic mass is 9.64. The molecule has 1 nitrogen and oxygen atoms in total. The average Bonchev–Trinajstić information content (AvgIpc) is 1.62. The van der Waals surface area contributed by atoms with Crippen LogP contribution in [-0.4, -0.2) is 0 Å². The summed E-state index contributed by atoms with van der Waals surface area (Å²) in [6, 6.07) is 2.21. The van der Waals surface area contributed by atoms with E-state index in [9.17, 15) is 0 Å². The van der Waals surface area contributed by atoms with E-state index in [4.69, 9.17) is 5.26 Å². The predicted molar refractivity (Wildman–Crippen MR) is 36.7 cm³/mol. The fourth-order valence-electron chi connectivity index (χ4n) is 1.78. The van der Waals surface area contributed by atoms with Crippen molar-refractivity contribution in [3.8, 4) is 6.07 Å². The van der Waals surface area contributed by atoms with Crippen LogP contribution in [0.25, 0.3) is 0 Å². The Bertz CT molecular complexity index is 133. The Balaban J connectivity index is 2.21. The SMILES string of the molecule is CC1(C)CC(CC#N)C1. The van der Waals surface area contributed by atoms with Gasteiger partial charge in [-0.25, -0.2) is 0 Å². The van der Waals surface area contributed by atoms with E-state index in [-0.39, 0.29) is 0 Å². The molecule has 0 radical (unpaired) electrons. The molecule has 1 fully saturated rings. The highest BCUT2D eigenvalue weighted by Crippen LogP contribution is 2.45. The van der Waals surface area contributed by atoms with Crippen molar-refractivity contribution in [2.24, 2.45) is 11.3 Å². The summed E-state index contributed by atoms with van der Waals surface area (Å²) in [4.78, 5) is 0. The van der Waals surface area contributed by atoms with Crippen LogP contribution >= 0.6 is 0 Å². The molecule has 1 rings (SSSR count). The molecule has 0 N–H and O–H groups in total. The second-order valence-electron chi connectivity index (χ2n) is 3.80. The van der Waals surface area contributed by atoms with Gasteiger partial charge in [0.05, 0.1) is 6.07 Å². The van der Waals surface area contributed by atoms with Crippen molar-refractivity contribution in [2.75, 3.05) is 0 Å². The van der Waals surface area contributed by atoms with Crippen LogP contribution < -0.4 is 0 Å². The van der Waals surface area contributed by atoms with Crippen LogP contribution in [0, 0.1) is 22.7 Å². The van der Waals surface area contributed by atoms with Crippen molar-refractivity contribution >= 4 is 0 Å². The van der Waals surface area contributed by atoms with E-state index in [2.05, 4.69) is 19.9 Å². The fraction of sp³-hybridized carbons (Fsp3) is 0.875. The summed E-state index contributed by atoms with van der Waals surface area (Å²) >= 11 is 0. The molecule has 0 amide bonds. The van der Waals surface area contributed by atoms with Crippen LogP contribution in [0.5, 0.6) is 0 Å². The topological polar surface area (TPSA) is 23.8 Å². The number of nitriles is 1. The summed E-state index contributed by atoms with van der Waals surface area (Å²) in [7, 11) is 0. The van der Waals surface area contributed by atoms with Crippen molar-refractivity contribution < 1.29 is 0 Å². The lowest BCUT2D eigenvalue weighted by Crippen LogP contribution is -2.31. The van der Waals surface area contributed by atoms with Gasteiger partial charge in [-0.1, -0.05) is 13.8 Å². The first-order valence-electron chi connectivity index (χ1n) is 3.51. The summed E-state index contributed by atoms with van der Waals surface area (Å²) in [5, 5.41) is 8.32. The lowest BCUT2D eigenvalue weighted by Gasteiger charge is -2.41. The largest absolute Gasteiger partial charge is 0.198 e. The van der Waals surface area contributed by atoms with Crippen molar-refractivity contribution in [2.45, 2.75) is 33.1 Å². The molecular weight excluding hydrogens is 110 g/mol. The van der Waals surface area contributed by atoms with Crippen LogP contribution in [0.4, 0.5) is 0 Å². The highest BCUT2D eigenvalue weighted by Gasteiger charge is 2.35. The highest BCUT2D eigenvalue weighted by atomic mass is 14.4. The van der Waals surface area contributed by atoms with Gasteiger partial charge in [-0.3, -0.25) is 0 Å². The third kappa shape index (κ3) is 1.45. The summed E-state index contributed by atoms with van der Waals surface area (Å²) in [5.41, 5.74) is 0.543. The van der Waals surface area contributed by atoms with Gasteiger partial charge in [0.15, 0.2) is 0 Å². The zero-order valence-electron chi connectivity index (χ0n) is 6.15. The zero-order valence-corrected chi connectivity index (χ0v) is 6.15. The van der Waals surface area contributed by atoms with Crippen LogP contribution in [0.1, 0.15) is 33.1 Å². The molecule has 0 atom stereocenters. The predicted octanol–water partition coefficient (Wildman–Crippen LogP) is 2.34. The van der Waals surface area contributed by atoms with Crippen molar-refractivity contribution in [3.05, 3.63) is 0 Å². The molecule has 1 aliphatic carbocycles. The van der Waals surface area contributed by atoms with E-state index in [0.29, 0.717) is 11.3 Å². The van der Waals surface area contributed by atoms with E-state index in [1.807, 2.05) is 0 Å². The lowest BCUT2D eigenvalue weighted by molar-refractivity contribution is 0.100. The molecular formula is C8H13N. The number of nitrogens with zero attached hydrogens (tertiary/aromatic N) is 1. The van der Waals surface area contributed by atoms with Gasteiger partial charge >= 0.3 is 0 Å². The third-order valence-corrected chi connectivity index (χ3v) is 2.06. The Hall–Kier alpha value is -0.510. The quantitative estimate of drug-likeness (QED) is 0.525. The maximum Gasteiger partial charge on any atom is 0.0624 e. The van der Waals surface area contributed by atoms with Crippen LogP contribution in [0.15, 0.2) is 0 Å². The van der Waals surface area contributed by atoms with Crippen LogP contribution in [0.2, 0.25) is 0 Å². The number of hydrogen-bond donors (Lipinski definition) is 0. The summed E-state index contributed by atoms with van der Waals surface area (Å²) < 4.78 is 0. The van der Waals surface area contributed by atoms with Crippen molar-refractivity contribution in [1.82, 2.24) is 0 Å². The molecule has 0 aromatic heterocycles. The van der Waals surface area contributed by atoms with Gasteiger partial charge in [-0.05, 0) is 24.2 Å². The van der Waals surface area contributed by atoms with Gasteiger partial charge in [-0.2, -0.15) is 5.26 Å². The molecule has 0 heterocycles. The maximum absolute atomic E-state index is 8.32. The molecule has 0 unspecified atom stereocenters. The highest BCUT2D eigenvalue weighted by molar-refractivity contribution is 4.91. The smallest absolute Gasteiger partial charge is 0.0624 e. The number of rotatable bonds is 1. The van der Waals surface area contributed by atoms with Gasteiger partial charge in [-0.15, -0.1) is 0 Å². The standard InChI is InChI=1S/C8H13N/c1-8(2)5-7(6-8)3-4-9/h7H,3,5-6H2,1-2H3. The normalized spacial score (nSPS) is 24.6. The first kappa shape index (κ1) is 6.61. The van der Waals surface area contributed by atoms with E-state index in [0.717, 1.165) is 6.42 Å². The summed E-state index contributed by atoms with van der Waals surface area (Å²) in [6.07, 6.45) is 3.27. The molecule has 1 saturated carbocycles. The second-order valence-corrected chi connectivity index (χ2v) is 3.80. The van der Waals surface area contributed by atoms with Gasteiger partial charge in [0, 0.05) is 6.42 Å².